The Morgan fingerprint density at radius 1 is 1.06 bits per heavy atom. The minimum Gasteiger partial charge on any atom is -0.452 e. The zero-order chi connectivity index (χ0) is 22.8. The van der Waals surface area contributed by atoms with Crippen LogP contribution in [0.2, 0.25) is 5.02 Å². The van der Waals surface area contributed by atoms with Gasteiger partial charge in [-0.05, 0) is 65.2 Å². The standard InChI is InChI=1S/C23H18BrClN2O5/c24-18-9-8-14(11-19(18)25)26-20(28)12-32-23(31)13-4-3-5-15(10-13)27-21(29)16-6-1-2-7-17(16)22(27)30/h1-5,8-11,16-17H,6-7,12H2,(H,26,28)/t16-,17+. The van der Waals surface area contributed by atoms with Crippen molar-refractivity contribution < 1.29 is 23.9 Å². The van der Waals surface area contributed by atoms with E-state index in [2.05, 4.69) is 21.2 Å². The normalized spacial score (nSPS) is 19.6. The third-order valence-corrected chi connectivity index (χ3v) is 6.62. The first-order chi connectivity index (χ1) is 15.3. The minimum absolute atomic E-state index is 0.135. The maximum absolute atomic E-state index is 12.8. The third kappa shape index (κ3) is 4.47. The fraction of sp³-hybridized carbons (Fsp3) is 0.217. The molecule has 0 aromatic heterocycles. The number of hydrogen-bond acceptors (Lipinski definition) is 5. The number of nitrogens with zero attached hydrogens (tertiary/aromatic N) is 1. The van der Waals surface area contributed by atoms with Gasteiger partial charge in [0.15, 0.2) is 6.61 Å². The van der Waals surface area contributed by atoms with Crippen LogP contribution in [0.15, 0.2) is 59.1 Å². The van der Waals surface area contributed by atoms with Crippen LogP contribution in [0.4, 0.5) is 11.4 Å². The van der Waals surface area contributed by atoms with Crippen LogP contribution in [0.25, 0.3) is 0 Å². The molecule has 0 spiro atoms. The number of esters is 1. The number of fused-ring (bicyclic) bond motifs is 1. The number of halogens is 2. The molecule has 0 bridgehead atoms. The van der Waals surface area contributed by atoms with Crippen molar-refractivity contribution in [1.29, 1.82) is 0 Å². The fourth-order valence-corrected chi connectivity index (χ4v) is 4.24. The molecule has 7 nitrogen and oxygen atoms in total. The lowest BCUT2D eigenvalue weighted by Gasteiger charge is -2.15. The Hall–Kier alpha value is -2.97. The Bertz CT molecular complexity index is 1120. The molecule has 1 heterocycles. The van der Waals surface area contributed by atoms with Gasteiger partial charge in [-0.3, -0.25) is 19.3 Å². The number of nitrogens with one attached hydrogen (secondary N) is 1. The van der Waals surface area contributed by atoms with Gasteiger partial charge in [-0.25, -0.2) is 4.79 Å². The van der Waals surface area contributed by atoms with Crippen molar-refractivity contribution in [3.8, 4) is 0 Å². The van der Waals surface area contributed by atoms with Crippen LogP contribution < -0.4 is 10.2 Å². The maximum atomic E-state index is 12.8. The topological polar surface area (TPSA) is 92.8 Å². The molecule has 2 aromatic carbocycles. The first-order valence-corrected chi connectivity index (χ1v) is 11.1. The SMILES string of the molecule is O=C(COC(=O)c1cccc(N2C(=O)[C@H]3CC=CC[C@H]3C2=O)c1)Nc1ccc(Br)c(Cl)c1. The van der Waals surface area contributed by atoms with E-state index >= 15 is 0 Å². The van der Waals surface area contributed by atoms with E-state index in [4.69, 9.17) is 16.3 Å². The van der Waals surface area contributed by atoms with Gasteiger partial charge < -0.3 is 10.1 Å². The predicted molar refractivity (Wildman–Crippen MR) is 122 cm³/mol. The summed E-state index contributed by atoms with van der Waals surface area (Å²) in [4.78, 5) is 51.2. The quantitative estimate of drug-likeness (QED) is 0.362. The van der Waals surface area contributed by atoms with Gasteiger partial charge in [0.25, 0.3) is 5.91 Å². The second-order valence-corrected chi connectivity index (χ2v) is 8.73. The molecule has 0 saturated carbocycles. The third-order valence-electron chi connectivity index (χ3n) is 5.39. The van der Waals surface area contributed by atoms with Crippen molar-refractivity contribution in [2.45, 2.75) is 12.8 Å². The molecule has 1 aliphatic heterocycles. The molecule has 4 rings (SSSR count). The van der Waals surface area contributed by atoms with Crippen LogP contribution >= 0.6 is 27.5 Å². The summed E-state index contributed by atoms with van der Waals surface area (Å²) in [5, 5.41) is 3.02. The van der Waals surface area contributed by atoms with Crippen molar-refractivity contribution in [2.75, 3.05) is 16.8 Å². The van der Waals surface area contributed by atoms with Crippen molar-refractivity contribution in [3.05, 3.63) is 69.7 Å². The number of anilines is 2. The van der Waals surface area contributed by atoms with E-state index in [0.717, 1.165) is 4.90 Å². The summed E-state index contributed by atoms with van der Waals surface area (Å²) >= 11 is 9.26. The number of hydrogen-bond donors (Lipinski definition) is 1. The highest BCUT2D eigenvalue weighted by Crippen LogP contribution is 2.37. The number of amides is 3. The van der Waals surface area contributed by atoms with Crippen molar-refractivity contribution in [3.63, 3.8) is 0 Å². The second-order valence-electron chi connectivity index (χ2n) is 7.47. The number of rotatable bonds is 5. The van der Waals surface area contributed by atoms with E-state index in [1.54, 1.807) is 30.3 Å². The van der Waals surface area contributed by atoms with Gasteiger partial charge in [-0.15, -0.1) is 0 Å². The van der Waals surface area contributed by atoms with E-state index in [0.29, 0.717) is 33.7 Å². The summed E-state index contributed by atoms with van der Waals surface area (Å²) in [5.41, 5.74) is 0.914. The number of imide groups is 1. The Kier molecular flexibility index (Phi) is 6.43. The Balaban J connectivity index is 1.40. The van der Waals surface area contributed by atoms with E-state index in [1.807, 2.05) is 12.2 Å². The number of ether oxygens (including phenoxy) is 1. The first-order valence-electron chi connectivity index (χ1n) is 9.90. The van der Waals surface area contributed by atoms with E-state index in [1.165, 1.54) is 12.1 Å². The highest BCUT2D eigenvalue weighted by molar-refractivity contribution is 9.10. The molecule has 3 amide bonds. The monoisotopic (exact) mass is 516 g/mol. The Morgan fingerprint density at radius 3 is 2.41 bits per heavy atom. The second kappa shape index (κ2) is 9.26. The van der Waals surface area contributed by atoms with Crippen molar-refractivity contribution >= 4 is 62.6 Å². The summed E-state index contributed by atoms with van der Waals surface area (Å²) in [6, 6.07) is 11.0. The summed E-state index contributed by atoms with van der Waals surface area (Å²) in [6.07, 6.45) is 4.89. The Labute approximate surface area is 197 Å². The maximum Gasteiger partial charge on any atom is 0.338 e. The molecule has 2 aliphatic rings. The number of carbonyl (C=O) groups excluding carboxylic acids is 4. The smallest absolute Gasteiger partial charge is 0.338 e. The zero-order valence-electron chi connectivity index (χ0n) is 16.7. The van der Waals surface area contributed by atoms with Gasteiger partial charge in [-0.1, -0.05) is 29.8 Å². The molecule has 1 fully saturated rings. The molecule has 1 saturated heterocycles. The number of allylic oxidation sites excluding steroid dienone is 2. The lowest BCUT2D eigenvalue weighted by molar-refractivity contribution is -0.122. The molecule has 1 aliphatic carbocycles. The summed E-state index contributed by atoms with van der Waals surface area (Å²) in [5.74, 6) is -2.52. The van der Waals surface area contributed by atoms with Crippen LogP contribution in [-0.2, 0) is 19.1 Å². The molecular weight excluding hydrogens is 500 g/mol. The predicted octanol–water partition coefficient (Wildman–Crippen LogP) is 4.35. The minimum atomic E-state index is -0.742. The Morgan fingerprint density at radius 2 is 1.75 bits per heavy atom. The molecular formula is C23H18BrClN2O5. The molecule has 9 heteroatoms. The van der Waals surface area contributed by atoms with Crippen LogP contribution in [0, 0.1) is 11.8 Å². The first kappa shape index (κ1) is 22.2. The molecule has 0 unspecified atom stereocenters. The van der Waals surface area contributed by atoms with Crippen molar-refractivity contribution in [2.24, 2.45) is 11.8 Å². The van der Waals surface area contributed by atoms with E-state index < -0.39 is 18.5 Å². The van der Waals surface area contributed by atoms with Crippen LogP contribution in [0.1, 0.15) is 23.2 Å². The van der Waals surface area contributed by atoms with Gasteiger partial charge >= 0.3 is 5.97 Å². The summed E-state index contributed by atoms with van der Waals surface area (Å²) in [6.45, 7) is -0.506. The molecule has 2 aromatic rings. The largest absolute Gasteiger partial charge is 0.452 e. The highest BCUT2D eigenvalue weighted by atomic mass is 79.9. The highest BCUT2D eigenvalue weighted by Gasteiger charge is 2.47. The average Bonchev–Trinajstić information content (AvgIpc) is 3.05. The molecule has 1 N–H and O–H groups in total. The lowest BCUT2D eigenvalue weighted by atomic mass is 9.85. The van der Waals surface area contributed by atoms with Crippen LogP contribution in [0.3, 0.4) is 0 Å². The lowest BCUT2D eigenvalue weighted by Crippen LogP contribution is -2.31. The molecule has 0 radical (unpaired) electrons. The summed E-state index contributed by atoms with van der Waals surface area (Å²) < 4.78 is 5.78. The van der Waals surface area contributed by atoms with Gasteiger partial charge in [0, 0.05) is 10.2 Å². The number of carbonyl (C=O) groups is 4. The van der Waals surface area contributed by atoms with Gasteiger partial charge in [0.05, 0.1) is 28.1 Å². The average molecular weight is 518 g/mol. The van der Waals surface area contributed by atoms with Gasteiger partial charge in [-0.2, -0.15) is 0 Å². The molecule has 2 atom stereocenters. The molecule has 164 valence electrons. The van der Waals surface area contributed by atoms with Crippen LogP contribution in [0.5, 0.6) is 0 Å². The van der Waals surface area contributed by atoms with Crippen molar-refractivity contribution in [1.82, 2.24) is 0 Å². The van der Waals surface area contributed by atoms with E-state index in [9.17, 15) is 19.2 Å². The summed E-state index contributed by atoms with van der Waals surface area (Å²) in [7, 11) is 0. The van der Waals surface area contributed by atoms with E-state index in [-0.39, 0.29) is 29.2 Å². The fourth-order valence-electron chi connectivity index (χ4n) is 3.81. The van der Waals surface area contributed by atoms with Crippen LogP contribution in [-0.4, -0.2) is 30.3 Å². The number of benzene rings is 2. The zero-order valence-corrected chi connectivity index (χ0v) is 19.1. The molecule has 32 heavy (non-hydrogen) atoms. The van der Waals surface area contributed by atoms with Gasteiger partial charge in [0.1, 0.15) is 0 Å². The van der Waals surface area contributed by atoms with Gasteiger partial charge in [0.2, 0.25) is 11.8 Å².